The lowest BCUT2D eigenvalue weighted by atomic mass is 9.69. The number of nitrogens with zero attached hydrogens (tertiary/aromatic N) is 1. The maximum Gasteiger partial charge on any atom is 0.0723 e. The normalized spacial score (nSPS) is 16.2. The average Bonchev–Trinajstić information content (AvgIpc) is 4.25. The van der Waals surface area contributed by atoms with Crippen molar-refractivity contribution >= 4 is 38.6 Å². The molecule has 1 aromatic heterocycles. The van der Waals surface area contributed by atoms with Gasteiger partial charge in [0.25, 0.3) is 0 Å². The van der Waals surface area contributed by atoms with E-state index < -0.39 is 5.41 Å². The zero-order valence-corrected chi connectivity index (χ0v) is 41.0. The Morgan fingerprint density at radius 2 is 1.18 bits per heavy atom. The van der Waals surface area contributed by atoms with Gasteiger partial charge in [0.1, 0.15) is 0 Å². The van der Waals surface area contributed by atoms with Crippen LogP contribution in [0.5, 0.6) is 0 Å². The average molecular weight is 930 g/mol. The highest BCUT2D eigenvalue weighted by Crippen LogP contribution is 2.65. The summed E-state index contributed by atoms with van der Waals surface area (Å²) in [5.74, 6) is 0.111. The zero-order valence-electron chi connectivity index (χ0n) is 41.0. The number of para-hydroxylation sites is 1. The molecule has 0 N–H and O–H groups in total. The van der Waals surface area contributed by atoms with Crippen molar-refractivity contribution in [2.75, 3.05) is 0 Å². The van der Waals surface area contributed by atoms with E-state index in [4.69, 9.17) is 0 Å². The molecule has 15 rings (SSSR count). The summed E-state index contributed by atoms with van der Waals surface area (Å²) in [5, 5.41) is 2.59. The zero-order chi connectivity index (χ0) is 48.4. The third-order valence-corrected chi connectivity index (χ3v) is 17.1. The Kier molecular flexibility index (Phi) is 9.13. The summed E-state index contributed by atoms with van der Waals surface area (Å²) in [4.78, 5) is 0. The molecule has 0 saturated heterocycles. The summed E-state index contributed by atoms with van der Waals surface area (Å²) < 4.78 is 2.61. The minimum atomic E-state index is -0.444. The highest BCUT2D eigenvalue weighted by molar-refractivity contribution is 6.18. The molecule has 1 aliphatic heterocycles. The van der Waals surface area contributed by atoms with Crippen LogP contribution >= 0.6 is 0 Å². The van der Waals surface area contributed by atoms with Crippen LogP contribution in [0, 0.1) is 0 Å². The second-order valence-corrected chi connectivity index (χ2v) is 21.2. The van der Waals surface area contributed by atoms with Crippen molar-refractivity contribution < 1.29 is 0 Å². The standard InChI is InChI=1S/C72H51N/c1-71(2)62-28-14-10-24-54(62)57-38-37-52(44-67(57)71)60(41-46-33-35-48(36-34-46)47-19-7-5-8-20-47)51-23-18-22-49(42-51)50-21-6-3-4-9-29-65-61-45-53(43-50)73-68-32-17-13-27-58(68)59-39-40-66(69(61)70(59)73)72(65)63-30-15-11-25-55(63)56-26-12-16-31-64(56)72/h4-40,42-44,60H,41,45H2,1-2H3. The molecule has 0 amide bonds. The van der Waals surface area contributed by atoms with Crippen LogP contribution in [0.1, 0.15) is 81.8 Å². The van der Waals surface area contributed by atoms with Gasteiger partial charge in [-0.2, -0.15) is 0 Å². The molecule has 73 heavy (non-hydrogen) atoms. The van der Waals surface area contributed by atoms with Crippen molar-refractivity contribution in [1.29, 1.82) is 0 Å². The van der Waals surface area contributed by atoms with Gasteiger partial charge in [0.2, 0.25) is 0 Å². The summed E-state index contributed by atoms with van der Waals surface area (Å²) >= 11 is 0. The van der Waals surface area contributed by atoms with Gasteiger partial charge in [-0.3, -0.25) is 0 Å². The predicted molar refractivity (Wildman–Crippen MR) is 305 cm³/mol. The van der Waals surface area contributed by atoms with Crippen molar-refractivity contribution in [3.8, 4) is 33.4 Å². The van der Waals surface area contributed by atoms with Crippen molar-refractivity contribution in [1.82, 2.24) is 4.57 Å². The fraction of sp³-hybridized carbons (Fsp3) is 0.0972. The molecule has 1 nitrogen and oxygen atoms in total. The number of hydrogen-bond donors (Lipinski definition) is 0. The summed E-state index contributed by atoms with van der Waals surface area (Å²) in [6.45, 7) is 4.78. The van der Waals surface area contributed by atoms with E-state index in [1.165, 1.54) is 128 Å². The number of fused-ring (bicyclic) bond motifs is 15. The van der Waals surface area contributed by atoms with Gasteiger partial charge in [-0.15, -0.1) is 5.73 Å². The van der Waals surface area contributed by atoms with E-state index in [2.05, 4.69) is 267 Å². The molecular formula is C72H51N. The Bertz CT molecular complexity index is 4140. The minimum absolute atomic E-state index is 0.0996. The van der Waals surface area contributed by atoms with Crippen LogP contribution in [-0.4, -0.2) is 4.57 Å². The van der Waals surface area contributed by atoms with Crippen LogP contribution in [0.4, 0.5) is 0 Å². The van der Waals surface area contributed by atoms with Crippen molar-refractivity contribution in [3.05, 3.63) is 310 Å². The molecule has 344 valence electrons. The molecule has 1 atom stereocenters. The van der Waals surface area contributed by atoms with E-state index in [0.717, 1.165) is 18.4 Å². The molecule has 4 aliphatic carbocycles. The van der Waals surface area contributed by atoms with Crippen LogP contribution in [0.25, 0.3) is 72.0 Å². The Balaban J connectivity index is 0.910. The second kappa shape index (κ2) is 15.9. The predicted octanol–water partition coefficient (Wildman–Crippen LogP) is 17.8. The largest absolute Gasteiger partial charge is 0.312 e. The first-order valence-electron chi connectivity index (χ1n) is 26.0. The molecule has 2 heterocycles. The Morgan fingerprint density at radius 1 is 0.521 bits per heavy atom. The number of benzene rings is 9. The smallest absolute Gasteiger partial charge is 0.0723 e. The molecule has 0 fully saturated rings. The van der Waals surface area contributed by atoms with Gasteiger partial charge in [-0.05, 0) is 137 Å². The van der Waals surface area contributed by atoms with Crippen molar-refractivity contribution in [2.45, 2.75) is 43.4 Å². The fourth-order valence-corrected chi connectivity index (χ4v) is 13.9. The lowest BCUT2D eigenvalue weighted by Crippen LogP contribution is -2.26. The summed E-state index contributed by atoms with van der Waals surface area (Å²) in [5.41, 5.74) is 32.1. The Morgan fingerprint density at radius 3 is 1.97 bits per heavy atom. The molecule has 2 bridgehead atoms. The van der Waals surface area contributed by atoms with Crippen LogP contribution in [0.15, 0.2) is 254 Å². The third kappa shape index (κ3) is 6.04. The third-order valence-electron chi connectivity index (χ3n) is 17.1. The number of allylic oxidation sites excluding steroid dienone is 9. The first-order valence-corrected chi connectivity index (χ1v) is 26.0. The monoisotopic (exact) mass is 929 g/mol. The van der Waals surface area contributed by atoms with Gasteiger partial charge in [-0.1, -0.05) is 226 Å². The van der Waals surface area contributed by atoms with E-state index in [1.807, 2.05) is 0 Å². The first kappa shape index (κ1) is 42.0. The molecule has 1 heteroatoms. The summed E-state index contributed by atoms with van der Waals surface area (Å²) in [6, 6.07) is 77.9. The topological polar surface area (TPSA) is 4.93 Å². The molecule has 9 aromatic carbocycles. The van der Waals surface area contributed by atoms with Gasteiger partial charge < -0.3 is 4.57 Å². The van der Waals surface area contributed by atoms with Crippen molar-refractivity contribution in [3.63, 3.8) is 0 Å². The van der Waals surface area contributed by atoms with Crippen LogP contribution in [0.2, 0.25) is 0 Å². The van der Waals surface area contributed by atoms with Gasteiger partial charge in [0.05, 0.1) is 16.4 Å². The van der Waals surface area contributed by atoms with Crippen molar-refractivity contribution in [2.24, 2.45) is 0 Å². The molecule has 0 radical (unpaired) electrons. The van der Waals surface area contributed by atoms with Crippen LogP contribution < -0.4 is 0 Å². The maximum atomic E-state index is 3.58. The van der Waals surface area contributed by atoms with E-state index in [1.54, 1.807) is 0 Å². The fourth-order valence-electron chi connectivity index (χ4n) is 13.9. The molecule has 1 unspecified atom stereocenters. The minimum Gasteiger partial charge on any atom is -0.312 e. The lowest BCUT2D eigenvalue weighted by molar-refractivity contribution is 0.657. The van der Waals surface area contributed by atoms with Gasteiger partial charge >= 0.3 is 0 Å². The van der Waals surface area contributed by atoms with Gasteiger partial charge in [-0.25, -0.2) is 0 Å². The number of aromatic nitrogens is 1. The quantitative estimate of drug-likeness (QED) is 0.146. The number of rotatable bonds is 6. The van der Waals surface area contributed by atoms with Crippen LogP contribution in [0.3, 0.4) is 0 Å². The lowest BCUT2D eigenvalue weighted by Gasteiger charge is -2.31. The molecule has 5 aliphatic rings. The molecule has 0 saturated carbocycles. The van der Waals surface area contributed by atoms with E-state index in [-0.39, 0.29) is 11.3 Å². The van der Waals surface area contributed by atoms with Gasteiger partial charge in [0, 0.05) is 39.8 Å². The van der Waals surface area contributed by atoms with E-state index in [0.29, 0.717) is 0 Å². The highest BCUT2D eigenvalue weighted by atomic mass is 15.0. The maximum absolute atomic E-state index is 3.58. The molecule has 10 aromatic rings. The first-order chi connectivity index (χ1) is 36.0. The van der Waals surface area contributed by atoms with Gasteiger partial charge in [0.15, 0.2) is 0 Å². The number of hydrogen-bond acceptors (Lipinski definition) is 0. The summed E-state index contributed by atoms with van der Waals surface area (Å²) in [7, 11) is 0. The Hall–Kier alpha value is -8.74. The SMILES string of the molecule is CC1(C)c2ccccc2-c2ccc(C(Cc3ccc(-c4ccccc4)cc3)c3cccc(C4=CC=C=CC=CC5=C6CC(=C4)n4c7ccccc7c7ccc(c6c74)C54c5ccccc5-c5ccccc54)c3)cc21. The highest BCUT2D eigenvalue weighted by Gasteiger charge is 2.53. The van der Waals surface area contributed by atoms with E-state index in [9.17, 15) is 0 Å². The summed E-state index contributed by atoms with van der Waals surface area (Å²) in [6.07, 6.45) is 15.3. The molecule has 1 spiro atoms. The van der Waals surface area contributed by atoms with Crippen LogP contribution in [-0.2, 0) is 17.3 Å². The molecular weight excluding hydrogens is 879 g/mol. The van der Waals surface area contributed by atoms with E-state index >= 15 is 0 Å². The second-order valence-electron chi connectivity index (χ2n) is 21.2. The Labute approximate surface area is 427 Å².